The molecule has 0 radical (unpaired) electrons. The SMILES string of the molecule is CCN(CC(=O)O)C1CC(NC(=O)c2ccccc2C(C)=O)C1. The van der Waals surface area contributed by atoms with Crippen LogP contribution in [0.3, 0.4) is 0 Å². The van der Waals surface area contributed by atoms with Gasteiger partial charge in [-0.1, -0.05) is 25.1 Å². The second kappa shape index (κ2) is 7.37. The lowest BCUT2D eigenvalue weighted by atomic mass is 9.85. The minimum Gasteiger partial charge on any atom is -0.480 e. The van der Waals surface area contributed by atoms with Gasteiger partial charge in [-0.15, -0.1) is 0 Å². The van der Waals surface area contributed by atoms with E-state index < -0.39 is 5.97 Å². The molecule has 6 nitrogen and oxygen atoms in total. The number of ketones is 1. The molecule has 1 aromatic rings. The summed E-state index contributed by atoms with van der Waals surface area (Å²) in [6.07, 6.45) is 1.46. The number of carboxylic acids is 1. The number of Topliss-reactive ketones (excluding diaryl/α,β-unsaturated/α-hetero) is 1. The van der Waals surface area contributed by atoms with E-state index in [1.807, 2.05) is 11.8 Å². The zero-order valence-corrected chi connectivity index (χ0v) is 13.4. The van der Waals surface area contributed by atoms with Crippen LogP contribution in [-0.4, -0.2) is 52.8 Å². The van der Waals surface area contributed by atoms with E-state index in [4.69, 9.17) is 5.11 Å². The van der Waals surface area contributed by atoms with Gasteiger partial charge in [0.05, 0.1) is 12.1 Å². The number of carbonyl (C=O) groups excluding carboxylic acids is 2. The monoisotopic (exact) mass is 318 g/mol. The van der Waals surface area contributed by atoms with Crippen molar-refractivity contribution in [3.8, 4) is 0 Å². The summed E-state index contributed by atoms with van der Waals surface area (Å²) >= 11 is 0. The number of nitrogens with zero attached hydrogens (tertiary/aromatic N) is 1. The Kier molecular flexibility index (Phi) is 5.50. The quantitative estimate of drug-likeness (QED) is 0.745. The van der Waals surface area contributed by atoms with E-state index in [0.29, 0.717) is 17.7 Å². The van der Waals surface area contributed by atoms with Crippen LogP contribution in [0.2, 0.25) is 0 Å². The van der Waals surface area contributed by atoms with Crippen LogP contribution >= 0.6 is 0 Å². The van der Waals surface area contributed by atoms with Gasteiger partial charge in [0.25, 0.3) is 5.91 Å². The van der Waals surface area contributed by atoms with Gasteiger partial charge in [-0.2, -0.15) is 0 Å². The molecule has 0 aromatic heterocycles. The number of hydrogen-bond donors (Lipinski definition) is 2. The van der Waals surface area contributed by atoms with Crippen LogP contribution in [0.4, 0.5) is 0 Å². The fourth-order valence-corrected chi connectivity index (χ4v) is 2.93. The summed E-state index contributed by atoms with van der Waals surface area (Å²) in [4.78, 5) is 36.6. The Hall–Kier alpha value is -2.21. The smallest absolute Gasteiger partial charge is 0.317 e. The first-order valence-electron chi connectivity index (χ1n) is 7.79. The first kappa shape index (κ1) is 17.1. The highest BCUT2D eigenvalue weighted by Gasteiger charge is 2.35. The Labute approximate surface area is 135 Å². The summed E-state index contributed by atoms with van der Waals surface area (Å²) in [5.41, 5.74) is 0.809. The van der Waals surface area contributed by atoms with Crippen molar-refractivity contribution < 1.29 is 19.5 Å². The van der Waals surface area contributed by atoms with Crippen LogP contribution in [-0.2, 0) is 4.79 Å². The molecule has 1 aliphatic carbocycles. The highest BCUT2D eigenvalue weighted by Crippen LogP contribution is 2.26. The maximum Gasteiger partial charge on any atom is 0.317 e. The number of amides is 1. The van der Waals surface area contributed by atoms with Crippen LogP contribution in [0.25, 0.3) is 0 Å². The van der Waals surface area contributed by atoms with Crippen molar-refractivity contribution in [3.05, 3.63) is 35.4 Å². The lowest BCUT2D eigenvalue weighted by Gasteiger charge is -2.42. The number of hydrogen-bond acceptors (Lipinski definition) is 4. The molecule has 0 unspecified atom stereocenters. The van der Waals surface area contributed by atoms with E-state index in [-0.39, 0.29) is 30.3 Å². The zero-order chi connectivity index (χ0) is 17.0. The van der Waals surface area contributed by atoms with Crippen LogP contribution < -0.4 is 5.32 Å². The van der Waals surface area contributed by atoms with Crippen molar-refractivity contribution >= 4 is 17.7 Å². The van der Waals surface area contributed by atoms with E-state index in [9.17, 15) is 14.4 Å². The number of carboxylic acid groups (broad SMARTS) is 1. The molecule has 2 rings (SSSR count). The first-order chi connectivity index (χ1) is 10.9. The summed E-state index contributed by atoms with van der Waals surface area (Å²) in [5, 5.41) is 11.8. The molecule has 0 aliphatic heterocycles. The maximum atomic E-state index is 12.3. The minimum absolute atomic E-state index is 0.0228. The van der Waals surface area contributed by atoms with Gasteiger partial charge in [0, 0.05) is 17.6 Å². The van der Waals surface area contributed by atoms with Gasteiger partial charge in [0.2, 0.25) is 0 Å². The summed E-state index contributed by atoms with van der Waals surface area (Å²) < 4.78 is 0. The molecule has 2 N–H and O–H groups in total. The van der Waals surface area contributed by atoms with Crippen LogP contribution in [0, 0.1) is 0 Å². The molecule has 0 bridgehead atoms. The van der Waals surface area contributed by atoms with E-state index in [1.165, 1.54) is 6.92 Å². The second-order valence-corrected chi connectivity index (χ2v) is 5.85. The zero-order valence-electron chi connectivity index (χ0n) is 13.4. The summed E-state index contributed by atoms with van der Waals surface area (Å²) in [7, 11) is 0. The maximum absolute atomic E-state index is 12.3. The molecule has 1 saturated carbocycles. The number of likely N-dealkylation sites (N-methyl/N-ethyl adjacent to an activating group) is 1. The molecule has 1 aliphatic rings. The van der Waals surface area contributed by atoms with Crippen molar-refractivity contribution in [2.24, 2.45) is 0 Å². The van der Waals surface area contributed by atoms with E-state index >= 15 is 0 Å². The third kappa shape index (κ3) is 4.16. The topological polar surface area (TPSA) is 86.7 Å². The Morgan fingerprint density at radius 3 is 2.35 bits per heavy atom. The average Bonchev–Trinajstić information content (AvgIpc) is 2.48. The molecule has 0 heterocycles. The number of carbonyl (C=O) groups is 3. The van der Waals surface area contributed by atoms with E-state index in [0.717, 1.165) is 12.8 Å². The van der Waals surface area contributed by atoms with Gasteiger partial charge in [0.15, 0.2) is 5.78 Å². The van der Waals surface area contributed by atoms with Crippen molar-refractivity contribution in [2.75, 3.05) is 13.1 Å². The lowest BCUT2D eigenvalue weighted by molar-refractivity contribution is -0.139. The molecule has 0 spiro atoms. The molecule has 1 fully saturated rings. The van der Waals surface area contributed by atoms with Gasteiger partial charge >= 0.3 is 5.97 Å². The van der Waals surface area contributed by atoms with Gasteiger partial charge in [-0.05, 0) is 32.4 Å². The summed E-state index contributed by atoms with van der Waals surface area (Å²) in [6.45, 7) is 4.06. The fraction of sp³-hybridized carbons (Fsp3) is 0.471. The molecule has 0 saturated heterocycles. The highest BCUT2D eigenvalue weighted by atomic mass is 16.4. The van der Waals surface area contributed by atoms with Crippen LogP contribution in [0.15, 0.2) is 24.3 Å². The second-order valence-electron chi connectivity index (χ2n) is 5.85. The molecular formula is C17H22N2O4. The van der Waals surface area contributed by atoms with Crippen molar-refractivity contribution in [1.82, 2.24) is 10.2 Å². The molecule has 23 heavy (non-hydrogen) atoms. The number of benzene rings is 1. The highest BCUT2D eigenvalue weighted by molar-refractivity contribution is 6.07. The molecule has 1 aromatic carbocycles. The molecule has 6 heteroatoms. The van der Waals surface area contributed by atoms with E-state index in [2.05, 4.69) is 5.32 Å². The van der Waals surface area contributed by atoms with Crippen molar-refractivity contribution in [3.63, 3.8) is 0 Å². The van der Waals surface area contributed by atoms with Crippen molar-refractivity contribution in [2.45, 2.75) is 38.8 Å². The lowest BCUT2D eigenvalue weighted by Crippen LogP contribution is -2.54. The predicted octanol–water partition coefficient (Wildman–Crippen LogP) is 1.56. The van der Waals surface area contributed by atoms with Gasteiger partial charge < -0.3 is 10.4 Å². The third-order valence-corrected chi connectivity index (χ3v) is 4.26. The first-order valence-corrected chi connectivity index (χ1v) is 7.79. The van der Waals surface area contributed by atoms with Gasteiger partial charge in [-0.3, -0.25) is 19.3 Å². The molecule has 124 valence electrons. The summed E-state index contributed by atoms with van der Waals surface area (Å²) in [6, 6.07) is 6.96. The number of aliphatic carboxylic acids is 1. The molecule has 1 amide bonds. The normalized spacial score (nSPS) is 20.0. The number of rotatable bonds is 7. The van der Waals surface area contributed by atoms with Gasteiger partial charge in [0.1, 0.15) is 0 Å². The van der Waals surface area contributed by atoms with Gasteiger partial charge in [-0.25, -0.2) is 0 Å². The largest absolute Gasteiger partial charge is 0.480 e. The third-order valence-electron chi connectivity index (χ3n) is 4.26. The molecular weight excluding hydrogens is 296 g/mol. The average molecular weight is 318 g/mol. The van der Waals surface area contributed by atoms with Crippen molar-refractivity contribution in [1.29, 1.82) is 0 Å². The molecule has 0 atom stereocenters. The Morgan fingerprint density at radius 2 is 1.83 bits per heavy atom. The van der Waals surface area contributed by atoms with E-state index in [1.54, 1.807) is 24.3 Å². The Bertz CT molecular complexity index is 608. The summed E-state index contributed by atoms with van der Waals surface area (Å²) in [5.74, 6) is -1.23. The predicted molar refractivity (Wildman–Crippen MR) is 85.6 cm³/mol. The standard InChI is InChI=1S/C17H22N2O4/c1-3-19(10-16(21)22)13-8-12(9-13)18-17(23)15-7-5-4-6-14(15)11(2)20/h4-7,12-13H,3,8-10H2,1-2H3,(H,18,23)(H,21,22). The number of nitrogens with one attached hydrogen (secondary N) is 1. The van der Waals surface area contributed by atoms with Crippen LogP contribution in [0.1, 0.15) is 47.4 Å². The minimum atomic E-state index is -0.838. The fourth-order valence-electron chi connectivity index (χ4n) is 2.93. The Morgan fingerprint density at radius 1 is 1.22 bits per heavy atom. The van der Waals surface area contributed by atoms with Crippen LogP contribution in [0.5, 0.6) is 0 Å². The Balaban J connectivity index is 1.92.